The molecular formula is C81H154O17P2. The zero-order valence-electron chi connectivity index (χ0n) is 65.2. The molecule has 0 amide bonds. The normalized spacial score (nSPS) is 14.7. The quantitative estimate of drug-likeness (QED) is 0.0169. The van der Waals surface area contributed by atoms with Gasteiger partial charge in [0.1, 0.15) is 19.3 Å². The van der Waals surface area contributed by atoms with Crippen molar-refractivity contribution in [2.24, 2.45) is 17.8 Å². The summed E-state index contributed by atoms with van der Waals surface area (Å²) in [4.78, 5) is 73.0. The van der Waals surface area contributed by atoms with Crippen LogP contribution in [0.15, 0.2) is 24.3 Å². The number of carbonyl (C=O) groups is 4. The van der Waals surface area contributed by atoms with Gasteiger partial charge in [0.15, 0.2) is 12.2 Å². The highest BCUT2D eigenvalue weighted by molar-refractivity contribution is 7.47. The Morgan fingerprint density at radius 1 is 0.330 bits per heavy atom. The minimum atomic E-state index is -4.97. The first-order chi connectivity index (χ1) is 48.3. The predicted octanol–water partition coefficient (Wildman–Crippen LogP) is 23.7. The minimum absolute atomic E-state index is 0.0840. The van der Waals surface area contributed by atoms with Gasteiger partial charge in [-0.25, -0.2) is 9.13 Å². The van der Waals surface area contributed by atoms with E-state index in [-0.39, 0.29) is 25.7 Å². The second-order valence-electron chi connectivity index (χ2n) is 29.4. The van der Waals surface area contributed by atoms with Gasteiger partial charge < -0.3 is 33.8 Å². The summed E-state index contributed by atoms with van der Waals surface area (Å²) in [7, 11) is -9.93. The highest BCUT2D eigenvalue weighted by Gasteiger charge is 2.30. The van der Waals surface area contributed by atoms with E-state index in [0.29, 0.717) is 25.7 Å². The van der Waals surface area contributed by atoms with Crippen LogP contribution >= 0.6 is 15.6 Å². The molecule has 0 saturated carbocycles. The summed E-state index contributed by atoms with van der Waals surface area (Å²) in [5, 5.41) is 10.6. The number of esters is 4. The molecule has 0 aromatic heterocycles. The number of ether oxygens (including phenoxy) is 4. The van der Waals surface area contributed by atoms with E-state index >= 15 is 0 Å². The molecule has 0 aliphatic heterocycles. The van der Waals surface area contributed by atoms with E-state index in [2.05, 4.69) is 72.8 Å². The third-order valence-corrected chi connectivity index (χ3v) is 20.9. The number of allylic oxidation sites excluding steroid dienone is 4. The Hall–Kier alpha value is -2.46. The van der Waals surface area contributed by atoms with Crippen molar-refractivity contribution in [1.29, 1.82) is 0 Å². The van der Waals surface area contributed by atoms with Gasteiger partial charge in [0.2, 0.25) is 0 Å². The van der Waals surface area contributed by atoms with Crippen molar-refractivity contribution in [3.63, 3.8) is 0 Å². The molecule has 0 bridgehead atoms. The number of hydrogen-bond acceptors (Lipinski definition) is 15. The molecule has 0 aliphatic rings. The number of phosphoric acid groups is 2. The second-order valence-corrected chi connectivity index (χ2v) is 32.3. The average molecular weight is 1460 g/mol. The second kappa shape index (κ2) is 70.8. The standard InChI is InChI=1S/C81H154O17P2/c1-8-11-12-13-14-15-16-17-18-26-31-36-41-50-57-65-81(86)98-77(69-92-79(84)63-56-49-44-43-47-54-61-74(7)10-3)71-96-100(89,90)94-67-75(82)66-93-99(87,88)95-70-76(97-80(85)64-58-51-42-37-32-27-21-19-23-28-33-38-45-52-59-72(4)5)68-91-78(83)62-55-48-40-35-30-25-22-20-24-29-34-39-46-53-60-73(6)9-2/h15-18,72-77,82H,8-14,19-71H2,1-7H3,(H,87,88)(H,89,90)/b16-15-,18-17-/t73?,74?,75-,76-,77-/m1/s1. The van der Waals surface area contributed by atoms with E-state index in [9.17, 15) is 43.2 Å². The van der Waals surface area contributed by atoms with Crippen molar-refractivity contribution < 1.29 is 80.2 Å². The van der Waals surface area contributed by atoms with Crippen molar-refractivity contribution >= 4 is 39.5 Å². The number of rotatable bonds is 77. The smallest absolute Gasteiger partial charge is 0.462 e. The van der Waals surface area contributed by atoms with Crippen LogP contribution in [-0.2, 0) is 65.4 Å². The molecule has 7 atom stereocenters. The first-order valence-corrected chi connectivity index (χ1v) is 44.2. The maximum absolute atomic E-state index is 13.1. The van der Waals surface area contributed by atoms with Crippen LogP contribution in [0.3, 0.4) is 0 Å². The summed E-state index contributed by atoms with van der Waals surface area (Å²) in [5.41, 5.74) is 0. The summed E-state index contributed by atoms with van der Waals surface area (Å²) in [5.74, 6) is 0.227. The molecule has 590 valence electrons. The van der Waals surface area contributed by atoms with Gasteiger partial charge in [-0.3, -0.25) is 37.3 Å². The molecule has 0 aromatic rings. The number of aliphatic hydroxyl groups excluding tert-OH is 1. The molecule has 17 nitrogen and oxygen atoms in total. The monoisotopic (exact) mass is 1460 g/mol. The largest absolute Gasteiger partial charge is 0.472 e. The van der Waals surface area contributed by atoms with Crippen molar-refractivity contribution in [2.75, 3.05) is 39.6 Å². The molecule has 19 heteroatoms. The topological polar surface area (TPSA) is 237 Å². The van der Waals surface area contributed by atoms with E-state index in [0.717, 1.165) is 127 Å². The molecule has 0 aliphatic carbocycles. The maximum atomic E-state index is 13.1. The van der Waals surface area contributed by atoms with Crippen LogP contribution in [0.5, 0.6) is 0 Å². The zero-order chi connectivity index (χ0) is 73.7. The van der Waals surface area contributed by atoms with Crippen LogP contribution in [0.4, 0.5) is 0 Å². The van der Waals surface area contributed by atoms with Crippen LogP contribution in [0, 0.1) is 17.8 Å². The minimum Gasteiger partial charge on any atom is -0.462 e. The summed E-state index contributed by atoms with van der Waals surface area (Å²) >= 11 is 0. The van der Waals surface area contributed by atoms with Gasteiger partial charge in [0.25, 0.3) is 0 Å². The number of phosphoric ester groups is 2. The molecule has 4 unspecified atom stereocenters. The highest BCUT2D eigenvalue weighted by Crippen LogP contribution is 2.45. The Kier molecular flexibility index (Phi) is 69.1. The van der Waals surface area contributed by atoms with E-state index in [4.69, 9.17) is 37.0 Å². The van der Waals surface area contributed by atoms with E-state index in [1.165, 1.54) is 186 Å². The third-order valence-electron chi connectivity index (χ3n) is 19.0. The van der Waals surface area contributed by atoms with E-state index in [1.807, 2.05) is 0 Å². The molecule has 0 aromatic carbocycles. The lowest BCUT2D eigenvalue weighted by Gasteiger charge is -2.21. The van der Waals surface area contributed by atoms with E-state index in [1.54, 1.807) is 0 Å². The Labute approximate surface area is 612 Å². The van der Waals surface area contributed by atoms with Gasteiger partial charge in [-0.1, -0.05) is 342 Å². The van der Waals surface area contributed by atoms with Gasteiger partial charge >= 0.3 is 39.5 Å². The Balaban J connectivity index is 5.28. The molecule has 0 radical (unpaired) electrons. The highest BCUT2D eigenvalue weighted by atomic mass is 31.2. The zero-order valence-corrected chi connectivity index (χ0v) is 66.9. The third kappa shape index (κ3) is 71.2. The summed E-state index contributed by atoms with van der Waals surface area (Å²) in [6, 6.07) is 0. The molecule has 0 spiro atoms. The van der Waals surface area contributed by atoms with Crippen molar-refractivity contribution in [1.82, 2.24) is 0 Å². The summed E-state index contributed by atoms with van der Waals surface area (Å²) < 4.78 is 68.7. The fourth-order valence-electron chi connectivity index (χ4n) is 11.9. The van der Waals surface area contributed by atoms with Gasteiger partial charge in [-0.15, -0.1) is 0 Å². The molecule has 0 heterocycles. The van der Waals surface area contributed by atoms with E-state index < -0.39 is 97.5 Å². The van der Waals surface area contributed by atoms with Crippen molar-refractivity contribution in [2.45, 2.75) is 414 Å². The lowest BCUT2D eigenvalue weighted by molar-refractivity contribution is -0.161. The van der Waals surface area contributed by atoms with Crippen LogP contribution in [0.1, 0.15) is 395 Å². The lowest BCUT2D eigenvalue weighted by Crippen LogP contribution is -2.30. The van der Waals surface area contributed by atoms with Crippen molar-refractivity contribution in [3.8, 4) is 0 Å². The number of unbranched alkanes of at least 4 members (excludes halogenated alkanes) is 40. The molecule has 0 saturated heterocycles. The van der Waals surface area contributed by atoms with Crippen LogP contribution in [0.2, 0.25) is 0 Å². The molecule has 0 rings (SSSR count). The first kappa shape index (κ1) is 97.5. The SMILES string of the molecule is CCCCCC/C=C\C=C/CCCCCCCC(=O)O[C@H](COC(=O)CCCCCCCCC(C)CC)COP(=O)(O)OC[C@H](O)COP(=O)(O)OC[C@@H](COC(=O)CCCCCCCCCCCCCCCCC(C)CC)OC(=O)CCCCCCCCCCCCCCCCC(C)C. The van der Waals surface area contributed by atoms with Gasteiger partial charge in [0.05, 0.1) is 26.4 Å². The molecule has 3 N–H and O–H groups in total. The molecule has 100 heavy (non-hydrogen) atoms. The average Bonchev–Trinajstić information content (AvgIpc) is 0.932. The fraction of sp³-hybridized carbons (Fsp3) is 0.901. The fourth-order valence-corrected chi connectivity index (χ4v) is 13.5. The number of hydrogen-bond donors (Lipinski definition) is 3. The van der Waals surface area contributed by atoms with Crippen LogP contribution in [-0.4, -0.2) is 96.7 Å². The van der Waals surface area contributed by atoms with Gasteiger partial charge in [-0.05, 0) is 69.1 Å². The summed E-state index contributed by atoms with van der Waals surface area (Å²) in [6.07, 6.45) is 61.8. The first-order valence-electron chi connectivity index (χ1n) is 41.2. The predicted molar refractivity (Wildman–Crippen MR) is 409 cm³/mol. The van der Waals surface area contributed by atoms with Crippen molar-refractivity contribution in [3.05, 3.63) is 24.3 Å². The Morgan fingerprint density at radius 3 is 0.890 bits per heavy atom. The summed E-state index contributed by atoms with van der Waals surface area (Å²) in [6.45, 7) is 11.9. The molecular weight excluding hydrogens is 1310 g/mol. The lowest BCUT2D eigenvalue weighted by atomic mass is 9.99. The van der Waals surface area contributed by atoms with Gasteiger partial charge in [0, 0.05) is 25.7 Å². The number of aliphatic hydroxyl groups is 1. The van der Waals surface area contributed by atoms with Crippen LogP contribution < -0.4 is 0 Å². The number of carbonyl (C=O) groups excluding carboxylic acids is 4. The van der Waals surface area contributed by atoms with Gasteiger partial charge in [-0.2, -0.15) is 0 Å². The maximum Gasteiger partial charge on any atom is 0.472 e. The molecule has 0 fully saturated rings. The Bertz CT molecular complexity index is 2040. The Morgan fingerprint density at radius 2 is 0.590 bits per heavy atom. The van der Waals surface area contributed by atoms with Crippen LogP contribution in [0.25, 0.3) is 0 Å².